The lowest BCUT2D eigenvalue weighted by Crippen LogP contribution is -2.12. The molecule has 1 aliphatic rings. The van der Waals surface area contributed by atoms with Crippen LogP contribution in [0.5, 0.6) is 5.75 Å². The molecule has 2 rings (SSSR count). The molecule has 0 saturated heterocycles. The van der Waals surface area contributed by atoms with Crippen LogP contribution in [0, 0.1) is 0 Å². The normalized spacial score (nSPS) is 26.5. The van der Waals surface area contributed by atoms with E-state index in [0.717, 1.165) is 12.2 Å². The number of hydrogen-bond donors (Lipinski definition) is 0. The number of rotatable bonds is 1. The molecule has 12 heavy (non-hydrogen) atoms. The van der Waals surface area contributed by atoms with Gasteiger partial charge in [0.25, 0.3) is 0 Å². The predicted octanol–water partition coefficient (Wildman–Crippen LogP) is 2.96. The van der Waals surface area contributed by atoms with E-state index in [1.807, 2.05) is 6.07 Å². The second-order valence-electron chi connectivity index (χ2n) is 3.38. The van der Waals surface area contributed by atoms with Gasteiger partial charge in [0.15, 0.2) is 0 Å². The van der Waals surface area contributed by atoms with Crippen molar-refractivity contribution in [3.8, 4) is 5.75 Å². The molecule has 0 fully saturated rings. The van der Waals surface area contributed by atoms with Crippen molar-refractivity contribution in [2.45, 2.75) is 32.3 Å². The maximum atomic E-state index is 5.71. The topological polar surface area (TPSA) is 9.23 Å². The summed E-state index contributed by atoms with van der Waals surface area (Å²) in [4.78, 5) is 0. The van der Waals surface area contributed by atoms with Crippen LogP contribution in [0.1, 0.15) is 31.7 Å². The van der Waals surface area contributed by atoms with Crippen LogP contribution in [0.25, 0.3) is 0 Å². The van der Waals surface area contributed by atoms with Crippen LogP contribution in [0.4, 0.5) is 0 Å². The highest BCUT2D eigenvalue weighted by atomic mass is 16.5. The molecule has 1 aliphatic heterocycles. The van der Waals surface area contributed by atoms with E-state index < -0.39 is 0 Å². The largest absolute Gasteiger partial charge is 0.490 e. The Bertz CT molecular complexity index is 280. The van der Waals surface area contributed by atoms with Crippen molar-refractivity contribution in [2.24, 2.45) is 0 Å². The third kappa shape index (κ3) is 1.01. The summed E-state index contributed by atoms with van der Waals surface area (Å²) in [6.07, 6.45) is 1.52. The van der Waals surface area contributed by atoms with Crippen molar-refractivity contribution < 1.29 is 4.74 Å². The first-order valence-electron chi connectivity index (χ1n) is 4.58. The Labute approximate surface area is 73.4 Å². The number of para-hydroxylation sites is 1. The summed E-state index contributed by atoms with van der Waals surface area (Å²) in [7, 11) is 0. The third-order valence-corrected chi connectivity index (χ3v) is 2.64. The molecular weight excluding hydrogens is 148 g/mol. The van der Waals surface area contributed by atoms with Gasteiger partial charge in [0.2, 0.25) is 0 Å². The number of benzene rings is 1. The monoisotopic (exact) mass is 162 g/mol. The van der Waals surface area contributed by atoms with E-state index in [-0.39, 0.29) is 0 Å². The molecule has 1 aromatic rings. The fourth-order valence-electron chi connectivity index (χ4n) is 1.98. The van der Waals surface area contributed by atoms with E-state index in [1.165, 1.54) is 5.56 Å². The van der Waals surface area contributed by atoms with Crippen molar-refractivity contribution in [2.75, 3.05) is 0 Å². The Kier molecular flexibility index (Phi) is 1.80. The highest BCUT2D eigenvalue weighted by molar-refractivity contribution is 5.40. The van der Waals surface area contributed by atoms with Crippen molar-refractivity contribution in [1.82, 2.24) is 0 Å². The van der Waals surface area contributed by atoms with E-state index in [2.05, 4.69) is 32.0 Å². The molecule has 0 amide bonds. The standard InChI is InChI=1S/C11H14O/c1-3-9-8(2)12-11-7-5-4-6-10(9)11/h4-9H,3H2,1-2H3/t8?,9-/m0/s1. The highest BCUT2D eigenvalue weighted by Crippen LogP contribution is 2.39. The molecule has 2 atom stereocenters. The van der Waals surface area contributed by atoms with Gasteiger partial charge in [-0.05, 0) is 19.4 Å². The Hall–Kier alpha value is -0.980. The van der Waals surface area contributed by atoms with Gasteiger partial charge in [-0.2, -0.15) is 0 Å². The maximum absolute atomic E-state index is 5.71. The molecule has 0 aliphatic carbocycles. The minimum absolute atomic E-state index is 0.354. The lowest BCUT2D eigenvalue weighted by molar-refractivity contribution is 0.224. The molecule has 64 valence electrons. The van der Waals surface area contributed by atoms with Crippen molar-refractivity contribution in [1.29, 1.82) is 0 Å². The SMILES string of the molecule is CC[C@@H]1c2ccccc2OC1C. The lowest BCUT2D eigenvalue weighted by atomic mass is 9.94. The molecule has 1 heterocycles. The zero-order valence-corrected chi connectivity index (χ0v) is 7.58. The van der Waals surface area contributed by atoms with Crippen LogP contribution >= 0.6 is 0 Å². The second kappa shape index (κ2) is 2.81. The van der Waals surface area contributed by atoms with Crippen molar-refractivity contribution >= 4 is 0 Å². The predicted molar refractivity (Wildman–Crippen MR) is 49.6 cm³/mol. The summed E-state index contributed by atoms with van der Waals surface area (Å²) in [6.45, 7) is 4.36. The van der Waals surface area contributed by atoms with Gasteiger partial charge in [-0.3, -0.25) is 0 Å². The summed E-state index contributed by atoms with van der Waals surface area (Å²) in [5.41, 5.74) is 1.38. The van der Waals surface area contributed by atoms with Gasteiger partial charge >= 0.3 is 0 Å². The van der Waals surface area contributed by atoms with Gasteiger partial charge in [-0.25, -0.2) is 0 Å². The van der Waals surface area contributed by atoms with E-state index in [4.69, 9.17) is 4.74 Å². The molecular formula is C11H14O. The summed E-state index contributed by atoms with van der Waals surface area (Å²) in [6, 6.07) is 8.35. The average Bonchev–Trinajstić information content (AvgIpc) is 2.40. The van der Waals surface area contributed by atoms with Crippen LogP contribution in [0.15, 0.2) is 24.3 Å². The molecule has 1 aromatic carbocycles. The molecule has 0 radical (unpaired) electrons. The summed E-state index contributed by atoms with van der Waals surface area (Å²) in [5.74, 6) is 1.68. The maximum Gasteiger partial charge on any atom is 0.123 e. The van der Waals surface area contributed by atoms with Gasteiger partial charge in [0, 0.05) is 11.5 Å². The van der Waals surface area contributed by atoms with E-state index >= 15 is 0 Å². The quantitative estimate of drug-likeness (QED) is 0.617. The van der Waals surface area contributed by atoms with E-state index in [9.17, 15) is 0 Å². The van der Waals surface area contributed by atoms with Crippen molar-refractivity contribution in [3.63, 3.8) is 0 Å². The van der Waals surface area contributed by atoms with Crippen LogP contribution in [0.2, 0.25) is 0 Å². The minimum Gasteiger partial charge on any atom is -0.490 e. The van der Waals surface area contributed by atoms with Crippen LogP contribution in [-0.4, -0.2) is 6.10 Å². The molecule has 1 heteroatoms. The molecule has 0 spiro atoms. The van der Waals surface area contributed by atoms with Crippen LogP contribution < -0.4 is 4.74 Å². The Balaban J connectivity index is 2.40. The molecule has 1 nitrogen and oxygen atoms in total. The summed E-state index contributed by atoms with van der Waals surface area (Å²) >= 11 is 0. The molecule has 0 N–H and O–H groups in total. The fourth-order valence-corrected chi connectivity index (χ4v) is 1.98. The van der Waals surface area contributed by atoms with E-state index in [1.54, 1.807) is 0 Å². The van der Waals surface area contributed by atoms with E-state index in [0.29, 0.717) is 12.0 Å². The smallest absolute Gasteiger partial charge is 0.123 e. The van der Waals surface area contributed by atoms with Crippen LogP contribution in [0.3, 0.4) is 0 Å². The fraction of sp³-hybridized carbons (Fsp3) is 0.455. The van der Waals surface area contributed by atoms with Gasteiger partial charge in [-0.15, -0.1) is 0 Å². The van der Waals surface area contributed by atoms with Crippen molar-refractivity contribution in [3.05, 3.63) is 29.8 Å². The van der Waals surface area contributed by atoms with Gasteiger partial charge in [-0.1, -0.05) is 25.1 Å². The van der Waals surface area contributed by atoms with Gasteiger partial charge in [0.1, 0.15) is 11.9 Å². The zero-order chi connectivity index (χ0) is 8.55. The first-order valence-corrected chi connectivity index (χ1v) is 4.58. The summed E-state index contributed by atoms with van der Waals surface area (Å²) < 4.78 is 5.71. The summed E-state index contributed by atoms with van der Waals surface area (Å²) in [5, 5.41) is 0. The first-order chi connectivity index (χ1) is 5.83. The number of fused-ring (bicyclic) bond motifs is 1. The Morgan fingerprint density at radius 1 is 1.33 bits per heavy atom. The van der Waals surface area contributed by atoms with Crippen LogP contribution in [-0.2, 0) is 0 Å². The molecule has 0 aromatic heterocycles. The highest BCUT2D eigenvalue weighted by Gasteiger charge is 2.28. The lowest BCUT2D eigenvalue weighted by Gasteiger charge is -2.11. The second-order valence-corrected chi connectivity index (χ2v) is 3.38. The molecule has 0 bridgehead atoms. The third-order valence-electron chi connectivity index (χ3n) is 2.64. The zero-order valence-electron chi connectivity index (χ0n) is 7.58. The Morgan fingerprint density at radius 3 is 2.83 bits per heavy atom. The first kappa shape index (κ1) is 7.66. The number of ether oxygens (including phenoxy) is 1. The number of hydrogen-bond acceptors (Lipinski definition) is 1. The Morgan fingerprint density at radius 2 is 2.08 bits per heavy atom. The minimum atomic E-state index is 0.354. The molecule has 0 saturated carbocycles. The van der Waals surface area contributed by atoms with Gasteiger partial charge in [0.05, 0.1) is 0 Å². The molecule has 1 unspecified atom stereocenters. The average molecular weight is 162 g/mol. The van der Waals surface area contributed by atoms with Gasteiger partial charge < -0.3 is 4.74 Å².